The largest absolute Gasteiger partial charge is 0.323 e. The summed E-state index contributed by atoms with van der Waals surface area (Å²) in [6.07, 6.45) is 3.36. The number of carbonyl (C=O) groups is 1. The van der Waals surface area contributed by atoms with Crippen LogP contribution in [0.3, 0.4) is 0 Å². The van der Waals surface area contributed by atoms with Crippen LogP contribution in [0.25, 0.3) is 11.4 Å². The van der Waals surface area contributed by atoms with Crippen LogP contribution in [0.1, 0.15) is 5.56 Å². The highest BCUT2D eigenvalue weighted by molar-refractivity contribution is 7.99. The van der Waals surface area contributed by atoms with Crippen molar-refractivity contribution in [3.63, 3.8) is 0 Å². The Hall–Kier alpha value is -2.74. The molecule has 0 radical (unpaired) electrons. The maximum Gasteiger partial charge on any atom is 0.234 e. The van der Waals surface area contributed by atoms with Gasteiger partial charge in [0, 0.05) is 25.0 Å². The van der Waals surface area contributed by atoms with Crippen LogP contribution in [0.5, 0.6) is 0 Å². The van der Waals surface area contributed by atoms with E-state index in [0.717, 1.165) is 11.1 Å². The van der Waals surface area contributed by atoms with Crippen molar-refractivity contribution in [2.24, 2.45) is 7.05 Å². The molecule has 0 aliphatic rings. The predicted octanol–water partition coefficient (Wildman–Crippen LogP) is 3.06. The van der Waals surface area contributed by atoms with Crippen molar-refractivity contribution in [1.29, 1.82) is 0 Å². The quantitative estimate of drug-likeness (QED) is 0.711. The van der Waals surface area contributed by atoms with Gasteiger partial charge >= 0.3 is 0 Å². The van der Waals surface area contributed by atoms with Crippen molar-refractivity contribution in [2.75, 3.05) is 11.1 Å². The number of pyridine rings is 1. The fourth-order valence-electron chi connectivity index (χ4n) is 2.24. The Morgan fingerprint density at radius 3 is 2.76 bits per heavy atom. The van der Waals surface area contributed by atoms with E-state index in [-0.39, 0.29) is 17.3 Å². The number of nitrogens with one attached hydrogen (secondary N) is 1. The number of anilines is 1. The van der Waals surface area contributed by atoms with Crippen LogP contribution in [0.2, 0.25) is 0 Å². The van der Waals surface area contributed by atoms with Crippen molar-refractivity contribution >= 4 is 23.4 Å². The normalized spacial score (nSPS) is 10.7. The Bertz CT molecular complexity index is 897. The minimum atomic E-state index is -0.456. The van der Waals surface area contributed by atoms with Gasteiger partial charge in [-0.3, -0.25) is 9.78 Å². The number of benzene rings is 1. The summed E-state index contributed by atoms with van der Waals surface area (Å²) >= 11 is 1.24. The summed E-state index contributed by atoms with van der Waals surface area (Å²) in [5, 5.41) is 11.4. The number of thioether (sulfide) groups is 1. The number of hydrogen-bond donors (Lipinski definition) is 1. The first-order chi connectivity index (χ1) is 12.0. The maximum absolute atomic E-state index is 13.7. The van der Waals surface area contributed by atoms with Gasteiger partial charge < -0.3 is 9.88 Å². The van der Waals surface area contributed by atoms with Gasteiger partial charge in [0.05, 0.1) is 11.4 Å². The van der Waals surface area contributed by atoms with Gasteiger partial charge in [-0.2, -0.15) is 0 Å². The topological polar surface area (TPSA) is 72.7 Å². The number of carbonyl (C=O) groups excluding carboxylic acids is 1. The van der Waals surface area contributed by atoms with E-state index in [9.17, 15) is 9.18 Å². The third-order valence-electron chi connectivity index (χ3n) is 3.50. The smallest absolute Gasteiger partial charge is 0.234 e. The molecule has 2 heterocycles. The standard InChI is InChI=1S/C17H16FN5OS/c1-11-3-4-13(18)14(9-11)20-15(24)10-25-17-22-21-16(23(17)2)12-5-7-19-8-6-12/h3-9H,10H2,1-2H3,(H,20,24). The first kappa shape index (κ1) is 17.1. The predicted molar refractivity (Wildman–Crippen MR) is 94.7 cm³/mol. The zero-order valence-corrected chi connectivity index (χ0v) is 14.5. The molecule has 1 N–H and O–H groups in total. The van der Waals surface area contributed by atoms with Crippen LogP contribution in [0.4, 0.5) is 10.1 Å². The maximum atomic E-state index is 13.7. The fraction of sp³-hybridized carbons (Fsp3) is 0.176. The number of aryl methyl sites for hydroxylation is 1. The Kier molecular flexibility index (Phi) is 5.08. The third-order valence-corrected chi connectivity index (χ3v) is 4.52. The van der Waals surface area contributed by atoms with E-state index in [4.69, 9.17) is 0 Å². The van der Waals surface area contributed by atoms with Gasteiger partial charge in [-0.25, -0.2) is 4.39 Å². The summed E-state index contributed by atoms with van der Waals surface area (Å²) < 4.78 is 15.5. The van der Waals surface area contributed by atoms with Crippen LogP contribution in [0, 0.1) is 12.7 Å². The van der Waals surface area contributed by atoms with Crippen molar-refractivity contribution in [3.8, 4) is 11.4 Å². The summed E-state index contributed by atoms with van der Waals surface area (Å²) in [4.78, 5) is 16.0. The number of aromatic nitrogens is 4. The average molecular weight is 357 g/mol. The number of halogens is 1. The minimum Gasteiger partial charge on any atom is -0.323 e. The van der Waals surface area contributed by atoms with Crippen LogP contribution in [0.15, 0.2) is 47.9 Å². The van der Waals surface area contributed by atoms with Crippen molar-refractivity contribution in [2.45, 2.75) is 12.1 Å². The summed E-state index contributed by atoms with van der Waals surface area (Å²) in [5.74, 6) is 0.0379. The molecule has 0 saturated carbocycles. The lowest BCUT2D eigenvalue weighted by Gasteiger charge is -2.07. The van der Waals surface area contributed by atoms with Crippen LogP contribution in [-0.2, 0) is 11.8 Å². The van der Waals surface area contributed by atoms with Crippen LogP contribution in [-0.4, -0.2) is 31.4 Å². The van der Waals surface area contributed by atoms with E-state index in [1.165, 1.54) is 17.8 Å². The van der Waals surface area contributed by atoms with Gasteiger partial charge in [-0.05, 0) is 36.8 Å². The molecule has 2 aromatic heterocycles. The zero-order valence-electron chi connectivity index (χ0n) is 13.7. The lowest BCUT2D eigenvalue weighted by Crippen LogP contribution is -2.15. The van der Waals surface area contributed by atoms with E-state index in [0.29, 0.717) is 11.0 Å². The molecule has 3 rings (SSSR count). The lowest BCUT2D eigenvalue weighted by molar-refractivity contribution is -0.113. The first-order valence-corrected chi connectivity index (χ1v) is 8.52. The molecule has 0 aliphatic heterocycles. The van der Waals surface area contributed by atoms with Crippen molar-refractivity contribution < 1.29 is 9.18 Å². The highest BCUT2D eigenvalue weighted by Crippen LogP contribution is 2.22. The average Bonchev–Trinajstić information content (AvgIpc) is 2.98. The SMILES string of the molecule is Cc1ccc(F)c(NC(=O)CSc2nnc(-c3ccncc3)n2C)c1. The Morgan fingerprint density at radius 2 is 2.00 bits per heavy atom. The molecule has 0 spiro atoms. The number of amides is 1. The molecule has 1 amide bonds. The van der Waals surface area contributed by atoms with E-state index in [1.807, 2.05) is 26.1 Å². The van der Waals surface area contributed by atoms with Gasteiger partial charge in [0.2, 0.25) is 5.91 Å². The van der Waals surface area contributed by atoms with Crippen molar-refractivity contribution in [1.82, 2.24) is 19.7 Å². The Labute approximate surface area is 148 Å². The van der Waals surface area contributed by atoms with Gasteiger partial charge in [-0.1, -0.05) is 17.8 Å². The molecule has 6 nitrogen and oxygen atoms in total. The number of hydrogen-bond acceptors (Lipinski definition) is 5. The van der Waals surface area contributed by atoms with Gasteiger partial charge in [0.1, 0.15) is 5.82 Å². The summed E-state index contributed by atoms with van der Waals surface area (Å²) in [5.41, 5.74) is 1.95. The van der Waals surface area contributed by atoms with Gasteiger partial charge in [0.15, 0.2) is 11.0 Å². The first-order valence-electron chi connectivity index (χ1n) is 7.53. The highest BCUT2D eigenvalue weighted by atomic mass is 32.2. The molecule has 1 aromatic carbocycles. The molecule has 0 atom stereocenters. The summed E-state index contributed by atoms with van der Waals surface area (Å²) in [6, 6.07) is 8.26. The molecule has 0 fully saturated rings. The third kappa shape index (κ3) is 4.03. The molecule has 25 heavy (non-hydrogen) atoms. The fourth-order valence-corrected chi connectivity index (χ4v) is 2.96. The molecule has 0 saturated heterocycles. The van der Waals surface area contributed by atoms with Gasteiger partial charge in [0.25, 0.3) is 0 Å². The van der Waals surface area contributed by atoms with Crippen molar-refractivity contribution in [3.05, 3.63) is 54.1 Å². The molecule has 0 unspecified atom stereocenters. The van der Waals surface area contributed by atoms with E-state index < -0.39 is 5.82 Å². The van der Waals surface area contributed by atoms with Crippen LogP contribution < -0.4 is 5.32 Å². The summed E-state index contributed by atoms with van der Waals surface area (Å²) in [6.45, 7) is 1.84. The molecular weight excluding hydrogens is 341 g/mol. The number of nitrogens with zero attached hydrogens (tertiary/aromatic N) is 4. The summed E-state index contributed by atoms with van der Waals surface area (Å²) in [7, 11) is 1.83. The molecule has 128 valence electrons. The molecule has 0 bridgehead atoms. The van der Waals surface area contributed by atoms with E-state index in [2.05, 4.69) is 20.5 Å². The molecule has 3 aromatic rings. The molecule has 0 aliphatic carbocycles. The second-order valence-corrected chi connectivity index (χ2v) is 6.36. The van der Waals surface area contributed by atoms with E-state index >= 15 is 0 Å². The van der Waals surface area contributed by atoms with E-state index in [1.54, 1.807) is 29.1 Å². The zero-order chi connectivity index (χ0) is 17.8. The van der Waals surface area contributed by atoms with Crippen LogP contribution >= 0.6 is 11.8 Å². The van der Waals surface area contributed by atoms with Gasteiger partial charge in [-0.15, -0.1) is 10.2 Å². The number of rotatable bonds is 5. The monoisotopic (exact) mass is 357 g/mol. The molecular formula is C17H16FN5OS. The minimum absolute atomic E-state index is 0.107. The molecule has 8 heteroatoms. The second-order valence-electron chi connectivity index (χ2n) is 5.42. The second kappa shape index (κ2) is 7.43. The Morgan fingerprint density at radius 1 is 1.24 bits per heavy atom. The highest BCUT2D eigenvalue weighted by Gasteiger charge is 2.13. The Balaban J connectivity index is 1.65. The lowest BCUT2D eigenvalue weighted by atomic mass is 10.2.